The number of alkyl halides is 4. The second-order valence-electron chi connectivity index (χ2n) is 3.31. The fourth-order valence-electron chi connectivity index (χ4n) is 1.39. The Kier molecular flexibility index (Phi) is 5.03. The Balaban J connectivity index is 3.36. The van der Waals surface area contributed by atoms with Gasteiger partial charge in [0.25, 0.3) is 0 Å². The fourth-order valence-corrected chi connectivity index (χ4v) is 2.14. The predicted octanol–water partition coefficient (Wildman–Crippen LogP) is 4.36. The summed E-state index contributed by atoms with van der Waals surface area (Å²) in [7, 11) is 0. The molecule has 1 atom stereocenters. The van der Waals surface area contributed by atoms with Crippen molar-refractivity contribution in [2.75, 3.05) is 4.43 Å². The van der Waals surface area contributed by atoms with Crippen LogP contribution in [0.3, 0.4) is 0 Å². The minimum absolute atomic E-state index is 0.0287. The summed E-state index contributed by atoms with van der Waals surface area (Å²) < 4.78 is 51.9. The molecule has 1 N–H and O–H groups in total. The second kappa shape index (κ2) is 5.71. The molecule has 0 saturated carbocycles. The van der Waals surface area contributed by atoms with Gasteiger partial charge in [-0.3, -0.25) is 0 Å². The lowest BCUT2D eigenvalue weighted by Gasteiger charge is -2.18. The average Bonchev–Trinajstić information content (AvgIpc) is 2.20. The standard InChI is InChI=1S/C10H8ClF4IO/c11-6-2-1-5(10(13,14)15)8(9(6)12)7(17)3-4-16/h1-2,7,17H,3-4H2. The van der Waals surface area contributed by atoms with E-state index in [9.17, 15) is 22.7 Å². The molecule has 1 nitrogen and oxygen atoms in total. The highest BCUT2D eigenvalue weighted by Gasteiger charge is 2.37. The molecule has 0 heterocycles. The molecular formula is C10H8ClF4IO. The van der Waals surface area contributed by atoms with Gasteiger partial charge in [-0.15, -0.1) is 0 Å². The van der Waals surface area contributed by atoms with Crippen molar-refractivity contribution in [1.82, 2.24) is 0 Å². The molecule has 1 rings (SSSR count). The molecule has 0 bridgehead atoms. The first-order valence-corrected chi connectivity index (χ1v) is 6.48. The van der Waals surface area contributed by atoms with Gasteiger partial charge < -0.3 is 5.11 Å². The molecule has 0 spiro atoms. The largest absolute Gasteiger partial charge is 0.416 e. The maximum atomic E-state index is 13.6. The topological polar surface area (TPSA) is 20.2 Å². The molecule has 0 aliphatic carbocycles. The lowest BCUT2D eigenvalue weighted by atomic mass is 9.99. The van der Waals surface area contributed by atoms with Crippen LogP contribution in [0.5, 0.6) is 0 Å². The van der Waals surface area contributed by atoms with Gasteiger partial charge in [0.15, 0.2) is 0 Å². The fraction of sp³-hybridized carbons (Fsp3) is 0.400. The van der Waals surface area contributed by atoms with Gasteiger partial charge in [0.2, 0.25) is 0 Å². The van der Waals surface area contributed by atoms with Crippen molar-refractivity contribution in [2.45, 2.75) is 18.7 Å². The van der Waals surface area contributed by atoms with E-state index in [1.165, 1.54) is 0 Å². The first kappa shape index (κ1) is 15.0. The maximum Gasteiger partial charge on any atom is 0.416 e. The van der Waals surface area contributed by atoms with E-state index in [1.807, 2.05) is 22.6 Å². The molecule has 17 heavy (non-hydrogen) atoms. The molecule has 0 radical (unpaired) electrons. The van der Waals surface area contributed by atoms with Crippen molar-refractivity contribution in [3.05, 3.63) is 34.1 Å². The Bertz CT molecular complexity index is 408. The van der Waals surface area contributed by atoms with E-state index in [-0.39, 0.29) is 6.42 Å². The summed E-state index contributed by atoms with van der Waals surface area (Å²) in [5, 5.41) is 9.14. The van der Waals surface area contributed by atoms with E-state index in [4.69, 9.17) is 11.6 Å². The maximum absolute atomic E-state index is 13.6. The highest BCUT2D eigenvalue weighted by molar-refractivity contribution is 14.1. The monoisotopic (exact) mass is 382 g/mol. The summed E-state index contributed by atoms with van der Waals surface area (Å²) in [4.78, 5) is 0. The van der Waals surface area contributed by atoms with Gasteiger partial charge in [0.05, 0.1) is 16.7 Å². The Morgan fingerprint density at radius 3 is 2.41 bits per heavy atom. The quantitative estimate of drug-likeness (QED) is 0.468. The summed E-state index contributed by atoms with van der Waals surface area (Å²) in [6.45, 7) is 0. The minimum atomic E-state index is -4.72. The Hall–Kier alpha value is -0.0800. The van der Waals surface area contributed by atoms with Crippen LogP contribution < -0.4 is 0 Å². The third-order valence-corrected chi connectivity index (χ3v) is 3.07. The van der Waals surface area contributed by atoms with E-state index in [0.29, 0.717) is 10.5 Å². The van der Waals surface area contributed by atoms with Crippen molar-refractivity contribution in [2.24, 2.45) is 0 Å². The smallest absolute Gasteiger partial charge is 0.388 e. The van der Waals surface area contributed by atoms with Gasteiger partial charge in [0.1, 0.15) is 5.82 Å². The van der Waals surface area contributed by atoms with Gasteiger partial charge >= 0.3 is 6.18 Å². The first-order valence-electron chi connectivity index (χ1n) is 4.58. The second-order valence-corrected chi connectivity index (χ2v) is 4.80. The lowest BCUT2D eigenvalue weighted by Crippen LogP contribution is -2.14. The van der Waals surface area contributed by atoms with Crippen molar-refractivity contribution in [1.29, 1.82) is 0 Å². The van der Waals surface area contributed by atoms with Gasteiger partial charge in [0, 0.05) is 9.99 Å². The Morgan fingerprint density at radius 1 is 1.35 bits per heavy atom. The van der Waals surface area contributed by atoms with Crippen LogP contribution in [-0.4, -0.2) is 9.53 Å². The highest BCUT2D eigenvalue weighted by atomic mass is 127. The van der Waals surface area contributed by atoms with Crippen molar-refractivity contribution in [3.63, 3.8) is 0 Å². The molecule has 0 fully saturated rings. The SMILES string of the molecule is OC(CCI)c1c(C(F)(F)F)ccc(Cl)c1F. The summed E-state index contributed by atoms with van der Waals surface area (Å²) in [6, 6.07) is 1.51. The van der Waals surface area contributed by atoms with E-state index in [2.05, 4.69) is 0 Å². The summed E-state index contributed by atoms with van der Waals surface area (Å²) in [6.07, 6.45) is -6.20. The molecule has 0 amide bonds. The number of rotatable bonds is 3. The number of aliphatic hydroxyl groups is 1. The normalized spacial score (nSPS) is 13.8. The molecular weight excluding hydrogens is 374 g/mol. The van der Waals surface area contributed by atoms with Gasteiger partial charge in [-0.25, -0.2) is 4.39 Å². The molecule has 1 aromatic carbocycles. The average molecular weight is 383 g/mol. The van der Waals surface area contributed by atoms with Crippen molar-refractivity contribution >= 4 is 34.2 Å². The van der Waals surface area contributed by atoms with E-state index in [0.717, 1.165) is 6.07 Å². The number of aliphatic hydroxyl groups excluding tert-OH is 1. The van der Waals surface area contributed by atoms with Crippen LogP contribution in [0.25, 0.3) is 0 Å². The first-order chi connectivity index (χ1) is 7.79. The Labute approximate surface area is 114 Å². The van der Waals surface area contributed by atoms with E-state index >= 15 is 0 Å². The van der Waals surface area contributed by atoms with Crippen LogP contribution in [0, 0.1) is 5.82 Å². The summed E-state index contributed by atoms with van der Waals surface area (Å²) in [5.41, 5.74) is -1.96. The van der Waals surface area contributed by atoms with Crippen LogP contribution in [0.4, 0.5) is 17.6 Å². The number of halogens is 6. The molecule has 0 saturated heterocycles. The Morgan fingerprint density at radius 2 is 1.94 bits per heavy atom. The molecule has 0 aliphatic heterocycles. The van der Waals surface area contributed by atoms with Crippen LogP contribution in [0.1, 0.15) is 23.7 Å². The minimum Gasteiger partial charge on any atom is -0.388 e. The zero-order valence-corrected chi connectivity index (χ0v) is 11.3. The molecule has 0 aromatic heterocycles. The lowest BCUT2D eigenvalue weighted by molar-refractivity contribution is -0.139. The van der Waals surface area contributed by atoms with Crippen LogP contribution in [-0.2, 0) is 6.18 Å². The van der Waals surface area contributed by atoms with Gasteiger partial charge in [-0.2, -0.15) is 13.2 Å². The molecule has 0 aliphatic rings. The molecule has 96 valence electrons. The summed E-state index contributed by atoms with van der Waals surface area (Å²) in [5.74, 6) is -1.21. The van der Waals surface area contributed by atoms with Crippen molar-refractivity contribution < 1.29 is 22.7 Å². The molecule has 1 aromatic rings. The number of hydrogen-bond acceptors (Lipinski definition) is 1. The number of hydrogen-bond donors (Lipinski definition) is 1. The predicted molar refractivity (Wildman–Crippen MR) is 64.9 cm³/mol. The highest BCUT2D eigenvalue weighted by Crippen LogP contribution is 2.38. The summed E-state index contributed by atoms with van der Waals surface area (Å²) >= 11 is 7.31. The van der Waals surface area contributed by atoms with Gasteiger partial charge in [-0.1, -0.05) is 34.2 Å². The zero-order valence-electron chi connectivity index (χ0n) is 8.36. The van der Waals surface area contributed by atoms with Crippen molar-refractivity contribution in [3.8, 4) is 0 Å². The van der Waals surface area contributed by atoms with Crippen LogP contribution in [0.15, 0.2) is 12.1 Å². The van der Waals surface area contributed by atoms with Gasteiger partial charge in [-0.05, 0) is 18.6 Å². The van der Waals surface area contributed by atoms with Crippen LogP contribution in [0.2, 0.25) is 5.02 Å². The third-order valence-electron chi connectivity index (χ3n) is 2.15. The molecule has 1 unspecified atom stereocenters. The third kappa shape index (κ3) is 3.45. The van der Waals surface area contributed by atoms with Crippen LogP contribution >= 0.6 is 34.2 Å². The number of benzene rings is 1. The van der Waals surface area contributed by atoms with E-state index < -0.39 is 34.2 Å². The van der Waals surface area contributed by atoms with E-state index in [1.54, 1.807) is 0 Å². The molecule has 7 heteroatoms. The zero-order chi connectivity index (χ0) is 13.2.